The number of carbonyl (C=O) groups is 2. The van der Waals surface area contributed by atoms with Gasteiger partial charge in [-0.1, -0.05) is 42.5 Å². The molecule has 2 aromatic carbocycles. The number of fused-ring (bicyclic) bond motifs is 2. The predicted molar refractivity (Wildman–Crippen MR) is 127 cm³/mol. The van der Waals surface area contributed by atoms with Crippen molar-refractivity contribution in [3.8, 4) is 11.5 Å². The van der Waals surface area contributed by atoms with Gasteiger partial charge >= 0.3 is 0 Å². The maximum atomic E-state index is 13.5. The van der Waals surface area contributed by atoms with E-state index in [1.165, 1.54) is 5.56 Å². The molecule has 1 aromatic heterocycles. The summed E-state index contributed by atoms with van der Waals surface area (Å²) in [6.45, 7) is 0.529. The second-order valence-corrected chi connectivity index (χ2v) is 9.26. The minimum Gasteiger partial charge on any atom is -0.486 e. The molecule has 178 valence electrons. The van der Waals surface area contributed by atoms with Crippen molar-refractivity contribution >= 4 is 11.8 Å². The van der Waals surface area contributed by atoms with Crippen LogP contribution < -0.4 is 14.8 Å². The standard InChI is InChI=1S/C27H26N4O4/c32-26(12-18-16-34-24-8-4-5-9-25(24)35-18)31-15-22-21(28-10-11-29-22)14-23(31)27(33)30-20-13-19(20)17-6-2-1-3-7-17/h1-11,18-20,23H,12-16H2,(H,30,33)/t18-,19-,20+,23-/m1/s1. The second-order valence-electron chi connectivity index (χ2n) is 9.26. The van der Waals surface area contributed by atoms with Crippen molar-refractivity contribution in [3.05, 3.63) is 83.9 Å². The lowest BCUT2D eigenvalue weighted by atomic mass is 10.00. The Bertz CT molecular complexity index is 1250. The average Bonchev–Trinajstić information content (AvgIpc) is 3.67. The SMILES string of the molecule is O=C(N[C@H]1C[C@@H]1c1ccccc1)[C@H]1Cc2nccnc2CN1C(=O)C[C@@H]1COc2ccccc2O1. The van der Waals surface area contributed by atoms with Gasteiger partial charge in [0.15, 0.2) is 11.5 Å². The van der Waals surface area contributed by atoms with Gasteiger partial charge in [-0.2, -0.15) is 0 Å². The molecule has 1 N–H and O–H groups in total. The van der Waals surface area contributed by atoms with E-state index in [0.717, 1.165) is 17.8 Å². The lowest BCUT2D eigenvalue weighted by Gasteiger charge is -2.36. The molecule has 0 bridgehead atoms. The molecule has 3 aliphatic rings. The lowest BCUT2D eigenvalue weighted by Crippen LogP contribution is -2.54. The molecule has 2 amide bonds. The zero-order valence-electron chi connectivity index (χ0n) is 19.2. The van der Waals surface area contributed by atoms with Gasteiger partial charge in [-0.15, -0.1) is 0 Å². The molecule has 0 spiro atoms. The first-order valence-electron chi connectivity index (χ1n) is 12.0. The smallest absolute Gasteiger partial charge is 0.243 e. The van der Waals surface area contributed by atoms with E-state index in [0.29, 0.717) is 23.8 Å². The number of ether oxygens (including phenoxy) is 2. The number of nitrogens with one attached hydrogen (secondary N) is 1. The van der Waals surface area contributed by atoms with E-state index in [4.69, 9.17) is 9.47 Å². The Hall–Kier alpha value is -3.94. The summed E-state index contributed by atoms with van der Waals surface area (Å²) in [6.07, 6.45) is 4.18. The molecule has 35 heavy (non-hydrogen) atoms. The molecule has 0 radical (unpaired) electrons. The summed E-state index contributed by atoms with van der Waals surface area (Å²) in [5, 5.41) is 3.17. The van der Waals surface area contributed by atoms with Gasteiger partial charge < -0.3 is 19.7 Å². The van der Waals surface area contributed by atoms with Crippen LogP contribution in [0.3, 0.4) is 0 Å². The summed E-state index contributed by atoms with van der Waals surface area (Å²) < 4.78 is 11.8. The molecule has 1 saturated carbocycles. The van der Waals surface area contributed by atoms with Crippen LogP contribution in [0, 0.1) is 0 Å². The van der Waals surface area contributed by atoms with Crippen LogP contribution in [-0.4, -0.2) is 51.5 Å². The number of rotatable bonds is 5. The highest BCUT2D eigenvalue weighted by Crippen LogP contribution is 2.41. The average molecular weight is 471 g/mol. The van der Waals surface area contributed by atoms with Crippen LogP contribution >= 0.6 is 0 Å². The van der Waals surface area contributed by atoms with E-state index in [-0.39, 0.29) is 37.4 Å². The van der Waals surface area contributed by atoms with Gasteiger partial charge in [0.25, 0.3) is 0 Å². The van der Waals surface area contributed by atoms with Gasteiger partial charge in [0.05, 0.1) is 24.4 Å². The first kappa shape index (κ1) is 21.6. The van der Waals surface area contributed by atoms with Crippen LogP contribution in [0.2, 0.25) is 0 Å². The second kappa shape index (κ2) is 9.02. The summed E-state index contributed by atoms with van der Waals surface area (Å²) in [5.74, 6) is 1.30. The number of para-hydroxylation sites is 2. The van der Waals surface area contributed by atoms with Crippen molar-refractivity contribution in [2.75, 3.05) is 6.61 Å². The predicted octanol–water partition coefficient (Wildman–Crippen LogP) is 2.63. The Kier molecular flexibility index (Phi) is 5.56. The summed E-state index contributed by atoms with van der Waals surface area (Å²) in [5.41, 5.74) is 2.71. The highest BCUT2D eigenvalue weighted by molar-refractivity contribution is 5.89. The number of hydrogen-bond donors (Lipinski definition) is 1. The van der Waals surface area contributed by atoms with E-state index < -0.39 is 12.1 Å². The van der Waals surface area contributed by atoms with Crippen molar-refractivity contribution in [1.82, 2.24) is 20.2 Å². The Morgan fingerprint density at radius 2 is 1.71 bits per heavy atom. The lowest BCUT2D eigenvalue weighted by molar-refractivity contribution is -0.143. The van der Waals surface area contributed by atoms with Gasteiger partial charge in [-0.05, 0) is 24.1 Å². The summed E-state index contributed by atoms with van der Waals surface area (Å²) in [7, 11) is 0. The number of nitrogens with zero attached hydrogens (tertiary/aromatic N) is 3. The number of aromatic nitrogens is 2. The molecule has 0 saturated heterocycles. The number of carbonyl (C=O) groups excluding carboxylic acids is 2. The molecule has 1 fully saturated rings. The van der Waals surface area contributed by atoms with Gasteiger partial charge in [-0.25, -0.2) is 0 Å². The topological polar surface area (TPSA) is 93.7 Å². The number of amides is 2. The van der Waals surface area contributed by atoms with Crippen LogP contribution in [0.5, 0.6) is 11.5 Å². The van der Waals surface area contributed by atoms with Gasteiger partial charge in [0, 0.05) is 30.8 Å². The van der Waals surface area contributed by atoms with Crippen LogP contribution in [0.1, 0.15) is 35.7 Å². The normalized spacial score (nSPS) is 24.3. The Morgan fingerprint density at radius 1 is 0.971 bits per heavy atom. The van der Waals surface area contributed by atoms with Gasteiger partial charge in [-0.3, -0.25) is 19.6 Å². The molecule has 6 rings (SSSR count). The highest BCUT2D eigenvalue weighted by atomic mass is 16.6. The fourth-order valence-electron chi connectivity index (χ4n) is 4.94. The third kappa shape index (κ3) is 4.43. The van der Waals surface area contributed by atoms with Crippen LogP contribution in [0.4, 0.5) is 0 Å². The molecule has 8 nitrogen and oxygen atoms in total. The molecule has 0 unspecified atom stereocenters. The van der Waals surface area contributed by atoms with E-state index in [1.807, 2.05) is 42.5 Å². The monoisotopic (exact) mass is 470 g/mol. The molecule has 4 atom stereocenters. The first-order valence-corrected chi connectivity index (χ1v) is 12.0. The molecule has 3 aromatic rings. The summed E-state index contributed by atoms with van der Waals surface area (Å²) in [4.78, 5) is 37.3. The zero-order chi connectivity index (χ0) is 23.8. The molecule has 3 heterocycles. The molecule has 1 aliphatic carbocycles. The van der Waals surface area contributed by atoms with Crippen molar-refractivity contribution in [2.45, 2.75) is 49.9 Å². The highest BCUT2D eigenvalue weighted by Gasteiger charge is 2.43. The van der Waals surface area contributed by atoms with E-state index in [2.05, 4.69) is 27.4 Å². The maximum absolute atomic E-state index is 13.5. The molecular weight excluding hydrogens is 444 g/mol. The van der Waals surface area contributed by atoms with Crippen LogP contribution in [0.25, 0.3) is 0 Å². The van der Waals surface area contributed by atoms with Crippen molar-refractivity contribution in [1.29, 1.82) is 0 Å². The molecule has 2 aliphatic heterocycles. The summed E-state index contributed by atoms with van der Waals surface area (Å²) >= 11 is 0. The van der Waals surface area contributed by atoms with Gasteiger partial charge in [0.2, 0.25) is 11.8 Å². The Morgan fingerprint density at radius 3 is 2.54 bits per heavy atom. The third-order valence-corrected chi connectivity index (χ3v) is 6.88. The number of benzene rings is 2. The van der Waals surface area contributed by atoms with Crippen molar-refractivity contribution < 1.29 is 19.1 Å². The first-order chi connectivity index (χ1) is 17.2. The van der Waals surface area contributed by atoms with Crippen LogP contribution in [0.15, 0.2) is 67.0 Å². The molecular formula is C27H26N4O4. The molecule has 8 heteroatoms. The van der Waals surface area contributed by atoms with E-state index in [9.17, 15) is 9.59 Å². The van der Waals surface area contributed by atoms with E-state index >= 15 is 0 Å². The number of hydrogen-bond acceptors (Lipinski definition) is 6. The van der Waals surface area contributed by atoms with Crippen molar-refractivity contribution in [3.63, 3.8) is 0 Å². The largest absolute Gasteiger partial charge is 0.486 e. The quantitative estimate of drug-likeness (QED) is 0.616. The van der Waals surface area contributed by atoms with Crippen molar-refractivity contribution in [2.24, 2.45) is 0 Å². The zero-order valence-corrected chi connectivity index (χ0v) is 19.2. The van der Waals surface area contributed by atoms with Gasteiger partial charge in [0.1, 0.15) is 18.8 Å². The Labute approximate surface area is 203 Å². The maximum Gasteiger partial charge on any atom is 0.243 e. The fourth-order valence-corrected chi connectivity index (χ4v) is 4.94. The summed E-state index contributed by atoms with van der Waals surface area (Å²) in [6, 6.07) is 17.0. The Balaban J connectivity index is 1.16. The van der Waals surface area contributed by atoms with E-state index in [1.54, 1.807) is 17.3 Å². The minimum absolute atomic E-state index is 0.0803. The minimum atomic E-state index is -0.638. The van der Waals surface area contributed by atoms with Crippen LogP contribution in [-0.2, 0) is 22.6 Å². The third-order valence-electron chi connectivity index (χ3n) is 6.88. The fraction of sp³-hybridized carbons (Fsp3) is 0.333.